The van der Waals surface area contributed by atoms with Crippen LogP contribution < -0.4 is 9.47 Å². The van der Waals surface area contributed by atoms with Gasteiger partial charge in [-0.25, -0.2) is 4.68 Å². The van der Waals surface area contributed by atoms with Crippen LogP contribution in [0.2, 0.25) is 0 Å². The van der Waals surface area contributed by atoms with Crippen molar-refractivity contribution < 1.29 is 24.8 Å². The van der Waals surface area contributed by atoms with E-state index in [0.717, 1.165) is 14.7 Å². The van der Waals surface area contributed by atoms with Crippen molar-refractivity contribution in [3.63, 3.8) is 0 Å². The second-order valence-corrected chi connectivity index (χ2v) is 11.0. The van der Waals surface area contributed by atoms with Gasteiger partial charge in [-0.2, -0.15) is 0 Å². The minimum Gasteiger partial charge on any atom is -0.491 e. The normalized spacial score (nSPS) is 13.5. The Kier molecular flexibility index (Phi) is 10.4. The molecular weight excluding hydrogens is 696 g/mol. The standard InChI is InChI=1S/C24H28ClI2N3O5/c1-24(2,16-5-8-22(20(26)9-16)35-13-17(32)10-25)15-3-6-19(7-4-15)34-14-18(33)11-30-21(12-31)23(27)28-29-30/h3-9,17-18,31-33H,10-14H2,1-2H3/t17-,18+/m1/s1/i27-4. The van der Waals surface area contributed by atoms with Gasteiger partial charge in [0.15, 0.2) is 0 Å². The summed E-state index contributed by atoms with van der Waals surface area (Å²) in [5, 5.41) is 37.2. The van der Waals surface area contributed by atoms with Crippen LogP contribution in [0.1, 0.15) is 30.7 Å². The van der Waals surface area contributed by atoms with E-state index in [4.69, 9.17) is 21.1 Å². The van der Waals surface area contributed by atoms with Gasteiger partial charge in [-0.05, 0) is 80.6 Å². The Hall–Kier alpha value is -1.19. The summed E-state index contributed by atoms with van der Waals surface area (Å²) in [6.45, 7) is 4.52. The number of aliphatic hydroxyl groups excluding tert-OH is 3. The minimum absolute atomic E-state index is 0.0854. The van der Waals surface area contributed by atoms with Crippen molar-refractivity contribution in [1.82, 2.24) is 15.0 Å². The monoisotopic (exact) mass is 723 g/mol. The topological polar surface area (TPSA) is 110 Å². The summed E-state index contributed by atoms with van der Waals surface area (Å²) in [7, 11) is 0. The fourth-order valence-corrected chi connectivity index (χ4v) is 4.73. The quantitative estimate of drug-likeness (QED) is 0.193. The van der Waals surface area contributed by atoms with Gasteiger partial charge < -0.3 is 24.8 Å². The molecule has 3 rings (SSSR count). The van der Waals surface area contributed by atoms with Gasteiger partial charge in [0, 0.05) is 5.41 Å². The van der Waals surface area contributed by atoms with Gasteiger partial charge in [0.1, 0.15) is 40.6 Å². The highest BCUT2D eigenvalue weighted by atomic mass is 127. The summed E-state index contributed by atoms with van der Waals surface area (Å²) in [4.78, 5) is 0. The molecule has 0 saturated heterocycles. The number of rotatable bonds is 12. The van der Waals surface area contributed by atoms with Crippen molar-refractivity contribution in [2.45, 2.75) is 44.6 Å². The molecule has 190 valence electrons. The predicted octanol–water partition coefficient (Wildman–Crippen LogP) is 3.72. The summed E-state index contributed by atoms with van der Waals surface area (Å²) >= 11 is 9.86. The number of hydrogen-bond acceptors (Lipinski definition) is 7. The number of benzene rings is 2. The lowest BCUT2D eigenvalue weighted by Gasteiger charge is -2.27. The number of halogens is 3. The lowest BCUT2D eigenvalue weighted by Crippen LogP contribution is -2.25. The fourth-order valence-electron chi connectivity index (χ4n) is 3.42. The number of ether oxygens (including phenoxy) is 2. The van der Waals surface area contributed by atoms with Gasteiger partial charge in [-0.1, -0.05) is 37.3 Å². The Bertz CT molecular complexity index is 1110. The Morgan fingerprint density at radius 3 is 2.34 bits per heavy atom. The molecule has 2 atom stereocenters. The van der Waals surface area contributed by atoms with E-state index in [1.807, 2.05) is 59.0 Å². The summed E-state index contributed by atoms with van der Waals surface area (Å²) in [5.41, 5.74) is 2.53. The van der Waals surface area contributed by atoms with E-state index >= 15 is 0 Å². The van der Waals surface area contributed by atoms with E-state index in [9.17, 15) is 15.3 Å². The van der Waals surface area contributed by atoms with Crippen LogP contribution in [0.5, 0.6) is 11.5 Å². The highest BCUT2D eigenvalue weighted by molar-refractivity contribution is 14.1. The molecule has 0 amide bonds. The van der Waals surface area contributed by atoms with Crippen molar-refractivity contribution in [3.8, 4) is 11.5 Å². The third-order valence-electron chi connectivity index (χ3n) is 5.60. The van der Waals surface area contributed by atoms with E-state index in [-0.39, 0.29) is 37.7 Å². The summed E-state index contributed by atoms with van der Waals surface area (Å²) < 4.78 is 14.5. The third kappa shape index (κ3) is 7.41. The van der Waals surface area contributed by atoms with Crippen LogP contribution in [0.3, 0.4) is 0 Å². The molecule has 1 heterocycles. The van der Waals surface area contributed by atoms with Crippen molar-refractivity contribution in [1.29, 1.82) is 0 Å². The molecule has 0 saturated carbocycles. The first kappa shape index (κ1) is 28.4. The molecule has 11 heteroatoms. The zero-order chi connectivity index (χ0) is 25.6. The second-order valence-electron chi connectivity index (χ2n) is 8.55. The van der Waals surface area contributed by atoms with E-state index < -0.39 is 12.2 Å². The predicted molar refractivity (Wildman–Crippen MR) is 150 cm³/mol. The van der Waals surface area contributed by atoms with Gasteiger partial charge >= 0.3 is 0 Å². The van der Waals surface area contributed by atoms with E-state index in [2.05, 4.69) is 52.8 Å². The lowest BCUT2D eigenvalue weighted by molar-refractivity contribution is 0.0866. The maximum atomic E-state index is 10.3. The number of aromatic nitrogens is 3. The molecule has 0 unspecified atom stereocenters. The number of hydrogen-bond donors (Lipinski definition) is 3. The molecule has 2 aromatic carbocycles. The SMILES string of the molecule is CC(C)(c1ccc(OC[C@@H](O)Cn2nnc([123I])c2CO)cc1)c1ccc(OC[C@H](O)CCl)c(I)c1. The minimum atomic E-state index is -0.803. The van der Waals surface area contributed by atoms with Crippen LogP contribution in [0.4, 0.5) is 0 Å². The number of alkyl halides is 1. The number of nitrogens with zero attached hydrogens (tertiary/aromatic N) is 3. The molecule has 1 aromatic heterocycles. The molecule has 35 heavy (non-hydrogen) atoms. The van der Waals surface area contributed by atoms with Crippen molar-refractivity contribution in [2.75, 3.05) is 19.1 Å². The largest absolute Gasteiger partial charge is 0.491 e. The van der Waals surface area contributed by atoms with Gasteiger partial charge in [-0.15, -0.1) is 16.7 Å². The zero-order valence-corrected chi connectivity index (χ0v) is 24.4. The first-order chi connectivity index (χ1) is 16.6. The lowest BCUT2D eigenvalue weighted by atomic mass is 9.78. The Morgan fingerprint density at radius 1 is 1.06 bits per heavy atom. The third-order valence-corrected chi connectivity index (χ3v) is 7.64. The molecular formula is C24H28ClI2N3O5. The second kappa shape index (κ2) is 12.9. The summed E-state index contributed by atoms with van der Waals surface area (Å²) in [6, 6.07) is 13.8. The van der Waals surface area contributed by atoms with Gasteiger partial charge in [-0.3, -0.25) is 0 Å². The van der Waals surface area contributed by atoms with Gasteiger partial charge in [0.25, 0.3) is 0 Å². The first-order valence-electron chi connectivity index (χ1n) is 10.9. The van der Waals surface area contributed by atoms with E-state index in [1.165, 1.54) is 4.68 Å². The van der Waals surface area contributed by atoms with Crippen LogP contribution in [-0.4, -0.2) is 61.6 Å². The summed E-state index contributed by atoms with van der Waals surface area (Å²) in [6.07, 6.45) is -1.50. The molecule has 0 fully saturated rings. The Balaban J connectivity index is 1.61. The van der Waals surface area contributed by atoms with E-state index in [0.29, 0.717) is 20.9 Å². The summed E-state index contributed by atoms with van der Waals surface area (Å²) in [5.74, 6) is 1.49. The maximum Gasteiger partial charge on any atom is 0.149 e. The Morgan fingerprint density at radius 2 is 1.71 bits per heavy atom. The molecule has 0 aliphatic heterocycles. The van der Waals surface area contributed by atoms with Crippen molar-refractivity contribution in [2.24, 2.45) is 0 Å². The van der Waals surface area contributed by atoms with E-state index in [1.54, 1.807) is 0 Å². The molecule has 0 spiro atoms. The molecule has 0 radical (unpaired) electrons. The van der Waals surface area contributed by atoms with Crippen molar-refractivity contribution in [3.05, 3.63) is 66.6 Å². The maximum absolute atomic E-state index is 10.3. The highest BCUT2D eigenvalue weighted by Crippen LogP contribution is 2.35. The van der Waals surface area contributed by atoms with Crippen LogP contribution in [0, 0.1) is 7.27 Å². The van der Waals surface area contributed by atoms with Crippen LogP contribution in [0.25, 0.3) is 0 Å². The molecule has 3 aromatic rings. The fraction of sp³-hybridized carbons (Fsp3) is 0.417. The average molecular weight is 724 g/mol. The Labute approximate surface area is 236 Å². The molecule has 0 aliphatic rings. The zero-order valence-electron chi connectivity index (χ0n) is 19.4. The van der Waals surface area contributed by atoms with Crippen LogP contribution in [0.15, 0.2) is 42.5 Å². The molecule has 0 aliphatic carbocycles. The van der Waals surface area contributed by atoms with Gasteiger partial charge in [0.05, 0.1) is 28.3 Å². The van der Waals surface area contributed by atoms with Crippen molar-refractivity contribution >= 4 is 56.8 Å². The number of aliphatic hydroxyl groups is 3. The highest BCUT2D eigenvalue weighted by Gasteiger charge is 2.24. The van der Waals surface area contributed by atoms with Crippen LogP contribution >= 0.6 is 56.8 Å². The molecule has 8 nitrogen and oxygen atoms in total. The van der Waals surface area contributed by atoms with Gasteiger partial charge in [0.2, 0.25) is 0 Å². The molecule has 3 N–H and O–H groups in total. The smallest absolute Gasteiger partial charge is 0.149 e. The first-order valence-corrected chi connectivity index (χ1v) is 13.6. The average Bonchev–Trinajstić information content (AvgIpc) is 3.20. The molecule has 0 bridgehead atoms. The van der Waals surface area contributed by atoms with Crippen LogP contribution in [-0.2, 0) is 18.6 Å².